The third-order valence-electron chi connectivity index (χ3n) is 2.27. The molecule has 104 valence electrons. The smallest absolute Gasteiger partial charge is 0.175 e. The van der Waals surface area contributed by atoms with Gasteiger partial charge in [0.15, 0.2) is 9.84 Å². The van der Waals surface area contributed by atoms with Crippen LogP contribution in [0.1, 0.15) is 25.5 Å². The van der Waals surface area contributed by atoms with E-state index in [1.807, 2.05) is 13.8 Å². The summed E-state index contributed by atoms with van der Waals surface area (Å²) in [6.45, 7) is 3.66. The van der Waals surface area contributed by atoms with E-state index in [4.69, 9.17) is 10.8 Å². The van der Waals surface area contributed by atoms with Gasteiger partial charge >= 0.3 is 0 Å². The highest BCUT2D eigenvalue weighted by Crippen LogP contribution is 2.18. The lowest BCUT2D eigenvalue weighted by atomic mass is 10.0. The van der Waals surface area contributed by atoms with Gasteiger partial charge in [-0.15, -0.1) is 0 Å². The van der Waals surface area contributed by atoms with E-state index in [2.05, 4.69) is 0 Å². The minimum atomic E-state index is -3.23. The van der Waals surface area contributed by atoms with Crippen molar-refractivity contribution in [1.82, 2.24) is 0 Å². The van der Waals surface area contributed by atoms with Crippen LogP contribution >= 0.6 is 0 Å². The van der Waals surface area contributed by atoms with Crippen LogP contribution in [0.25, 0.3) is 0 Å². The van der Waals surface area contributed by atoms with E-state index in [0.717, 1.165) is 6.26 Å². The number of nitrogens with two attached hydrogens (primary N) is 1. The molecule has 0 aliphatic heterocycles. The zero-order valence-corrected chi connectivity index (χ0v) is 11.7. The molecular weight excluding hydrogens is 254 g/mol. The molecule has 0 spiro atoms. The molecule has 0 aliphatic rings. The maximum atomic E-state index is 11.2. The minimum absolute atomic E-state index is 0.181. The molecule has 18 heavy (non-hydrogen) atoms. The molecule has 6 heteroatoms. The summed E-state index contributed by atoms with van der Waals surface area (Å²) in [6, 6.07) is 4.99. The highest BCUT2D eigenvalue weighted by atomic mass is 32.2. The van der Waals surface area contributed by atoms with E-state index in [1.165, 1.54) is 24.3 Å². The van der Waals surface area contributed by atoms with Crippen molar-refractivity contribution in [2.75, 3.05) is 12.9 Å². The summed E-state index contributed by atoms with van der Waals surface area (Å²) in [7, 11) is -3.23. The van der Waals surface area contributed by atoms with Gasteiger partial charge in [-0.25, -0.2) is 8.42 Å². The van der Waals surface area contributed by atoms with Crippen molar-refractivity contribution in [2.45, 2.75) is 30.9 Å². The third kappa shape index (κ3) is 4.73. The van der Waals surface area contributed by atoms with E-state index in [-0.39, 0.29) is 11.5 Å². The largest absolute Gasteiger partial charge is 0.395 e. The fourth-order valence-corrected chi connectivity index (χ4v) is 1.89. The molecule has 0 aromatic heterocycles. The molecule has 0 amide bonds. The summed E-state index contributed by atoms with van der Waals surface area (Å²) in [6.07, 6.45) is 0.108. The quantitative estimate of drug-likeness (QED) is 0.741. The molecule has 2 unspecified atom stereocenters. The van der Waals surface area contributed by atoms with Crippen molar-refractivity contribution >= 4 is 9.84 Å². The Morgan fingerprint density at radius 1 is 1.22 bits per heavy atom. The second-order valence-corrected chi connectivity index (χ2v) is 5.65. The SMILES string of the molecule is CC.CS(=O)(=O)c1ccc(C(O)C(N)CO)cc1. The third-order valence-corrected chi connectivity index (χ3v) is 3.39. The maximum absolute atomic E-state index is 11.2. The number of aliphatic hydroxyl groups is 2. The highest BCUT2D eigenvalue weighted by molar-refractivity contribution is 7.90. The summed E-state index contributed by atoms with van der Waals surface area (Å²) in [5, 5.41) is 18.4. The lowest BCUT2D eigenvalue weighted by Gasteiger charge is -2.16. The summed E-state index contributed by atoms with van der Waals surface area (Å²) >= 11 is 0. The molecule has 1 aromatic rings. The number of sulfone groups is 1. The lowest BCUT2D eigenvalue weighted by molar-refractivity contribution is 0.109. The standard InChI is InChI=1S/C10H15NO4S.C2H6/c1-16(14,15)8-4-2-7(3-5-8)10(13)9(11)6-12;1-2/h2-5,9-10,12-13H,6,11H2,1H3;1-2H3. The summed E-state index contributed by atoms with van der Waals surface area (Å²) < 4.78 is 22.4. The topological polar surface area (TPSA) is 101 Å². The van der Waals surface area contributed by atoms with Crippen LogP contribution in [0, 0.1) is 0 Å². The van der Waals surface area contributed by atoms with E-state index in [1.54, 1.807) is 0 Å². The maximum Gasteiger partial charge on any atom is 0.175 e. The molecule has 0 saturated carbocycles. The molecule has 0 radical (unpaired) electrons. The normalized spacial score (nSPS) is 14.3. The fourth-order valence-electron chi connectivity index (χ4n) is 1.26. The molecule has 0 heterocycles. The van der Waals surface area contributed by atoms with E-state index in [0.29, 0.717) is 5.56 Å². The van der Waals surface area contributed by atoms with Gasteiger partial charge in [-0.2, -0.15) is 0 Å². The predicted molar refractivity (Wildman–Crippen MR) is 70.9 cm³/mol. The molecule has 4 N–H and O–H groups in total. The monoisotopic (exact) mass is 275 g/mol. The Bertz CT molecular complexity index is 442. The zero-order chi connectivity index (χ0) is 14.3. The van der Waals surface area contributed by atoms with Crippen LogP contribution in [-0.4, -0.2) is 37.5 Å². The van der Waals surface area contributed by atoms with Crippen molar-refractivity contribution in [2.24, 2.45) is 5.73 Å². The molecule has 0 fully saturated rings. The van der Waals surface area contributed by atoms with Crippen LogP contribution in [0.15, 0.2) is 29.2 Å². The van der Waals surface area contributed by atoms with Gasteiger partial charge in [-0.05, 0) is 17.7 Å². The Hall–Kier alpha value is -0.950. The highest BCUT2D eigenvalue weighted by Gasteiger charge is 2.16. The Balaban J connectivity index is 0.00000137. The summed E-state index contributed by atoms with van der Waals surface area (Å²) in [4.78, 5) is 0.181. The van der Waals surface area contributed by atoms with Gasteiger partial charge in [0.1, 0.15) is 0 Å². The number of aliphatic hydroxyl groups excluding tert-OH is 2. The average molecular weight is 275 g/mol. The van der Waals surface area contributed by atoms with Crippen LogP contribution in [0.3, 0.4) is 0 Å². The van der Waals surface area contributed by atoms with Gasteiger partial charge in [0.2, 0.25) is 0 Å². The molecule has 1 rings (SSSR count). The Labute approximate surface area is 108 Å². The lowest BCUT2D eigenvalue weighted by Crippen LogP contribution is -2.31. The molecule has 1 aromatic carbocycles. The van der Waals surface area contributed by atoms with Crippen LogP contribution in [0.2, 0.25) is 0 Å². The van der Waals surface area contributed by atoms with Crippen molar-refractivity contribution in [1.29, 1.82) is 0 Å². The molecule has 0 saturated heterocycles. The second kappa shape index (κ2) is 7.48. The van der Waals surface area contributed by atoms with Gasteiger partial charge in [-0.3, -0.25) is 0 Å². The van der Waals surface area contributed by atoms with Gasteiger partial charge in [0.25, 0.3) is 0 Å². The first-order valence-corrected chi connectivity index (χ1v) is 7.60. The number of rotatable bonds is 4. The van der Waals surface area contributed by atoms with Crippen LogP contribution in [-0.2, 0) is 9.84 Å². The van der Waals surface area contributed by atoms with E-state index < -0.39 is 22.0 Å². The average Bonchev–Trinajstić information content (AvgIpc) is 2.38. The molecule has 5 nitrogen and oxygen atoms in total. The zero-order valence-electron chi connectivity index (χ0n) is 10.9. The van der Waals surface area contributed by atoms with E-state index >= 15 is 0 Å². The van der Waals surface area contributed by atoms with Gasteiger partial charge in [0, 0.05) is 6.26 Å². The van der Waals surface area contributed by atoms with Gasteiger partial charge < -0.3 is 15.9 Å². The van der Waals surface area contributed by atoms with Crippen LogP contribution in [0.5, 0.6) is 0 Å². The van der Waals surface area contributed by atoms with E-state index in [9.17, 15) is 13.5 Å². The van der Waals surface area contributed by atoms with Gasteiger partial charge in [-0.1, -0.05) is 26.0 Å². The predicted octanol–water partition coefficient (Wildman–Crippen LogP) is 0.469. The number of benzene rings is 1. The van der Waals surface area contributed by atoms with Crippen LogP contribution in [0.4, 0.5) is 0 Å². The van der Waals surface area contributed by atoms with Crippen molar-refractivity contribution in [3.05, 3.63) is 29.8 Å². The molecule has 2 atom stereocenters. The minimum Gasteiger partial charge on any atom is -0.395 e. The Kier molecular flexibility index (Phi) is 7.08. The van der Waals surface area contributed by atoms with Crippen LogP contribution < -0.4 is 5.73 Å². The Morgan fingerprint density at radius 3 is 2.00 bits per heavy atom. The van der Waals surface area contributed by atoms with Crippen molar-refractivity contribution in [3.8, 4) is 0 Å². The fraction of sp³-hybridized carbons (Fsp3) is 0.500. The first kappa shape index (κ1) is 17.1. The first-order chi connectivity index (χ1) is 8.36. The first-order valence-electron chi connectivity index (χ1n) is 5.71. The Morgan fingerprint density at radius 2 is 1.67 bits per heavy atom. The summed E-state index contributed by atoms with van der Waals surface area (Å²) in [5.41, 5.74) is 5.93. The number of hydrogen-bond acceptors (Lipinski definition) is 5. The summed E-state index contributed by atoms with van der Waals surface area (Å²) in [5.74, 6) is 0. The molecular formula is C12H21NO4S. The van der Waals surface area contributed by atoms with Crippen molar-refractivity contribution in [3.63, 3.8) is 0 Å². The second-order valence-electron chi connectivity index (χ2n) is 3.63. The molecule has 0 bridgehead atoms. The molecule has 0 aliphatic carbocycles. The number of hydrogen-bond donors (Lipinski definition) is 3. The van der Waals surface area contributed by atoms with Gasteiger partial charge in [0.05, 0.1) is 23.6 Å². The van der Waals surface area contributed by atoms with Crippen molar-refractivity contribution < 1.29 is 18.6 Å².